The van der Waals surface area contributed by atoms with Crippen molar-refractivity contribution in [2.24, 2.45) is 0 Å². The number of amides is 2. The van der Waals surface area contributed by atoms with Gasteiger partial charge in [-0.2, -0.15) is 0 Å². The average Bonchev–Trinajstić information content (AvgIpc) is 3.22. The Balaban J connectivity index is 1.78. The number of rotatable bonds is 11. The van der Waals surface area contributed by atoms with Gasteiger partial charge in [-0.15, -0.1) is 0 Å². The molecule has 2 N–H and O–H groups in total. The van der Waals surface area contributed by atoms with Crippen LogP contribution < -0.4 is 10.6 Å². The summed E-state index contributed by atoms with van der Waals surface area (Å²) in [6.45, 7) is 6.99. The molecule has 27 heavy (non-hydrogen) atoms. The summed E-state index contributed by atoms with van der Waals surface area (Å²) in [5, 5.41) is 5.69. The number of likely N-dealkylation sites (N-methyl/N-ethyl adjacent to an activating group) is 1. The van der Waals surface area contributed by atoms with Crippen LogP contribution in [-0.4, -0.2) is 48.9 Å². The highest BCUT2D eigenvalue weighted by Crippen LogP contribution is 2.09. The van der Waals surface area contributed by atoms with Crippen LogP contribution in [-0.2, 0) is 11.2 Å². The van der Waals surface area contributed by atoms with E-state index in [1.807, 2.05) is 18.2 Å². The second kappa shape index (κ2) is 11.2. The number of furan rings is 1. The molecule has 0 saturated heterocycles. The molecule has 0 aliphatic rings. The van der Waals surface area contributed by atoms with E-state index in [2.05, 4.69) is 41.5 Å². The van der Waals surface area contributed by atoms with Crippen molar-refractivity contribution in [3.63, 3.8) is 0 Å². The third-order valence-corrected chi connectivity index (χ3v) is 4.56. The number of carbonyl (C=O) groups excluding carboxylic acids is 2. The number of nitrogens with one attached hydrogen (secondary N) is 2. The predicted octanol–water partition coefficient (Wildman–Crippen LogP) is 2.47. The summed E-state index contributed by atoms with van der Waals surface area (Å²) in [5.74, 6) is -0.127. The molecule has 1 aromatic carbocycles. The zero-order chi connectivity index (χ0) is 19.5. The number of carbonyl (C=O) groups is 2. The maximum Gasteiger partial charge on any atom is 0.286 e. The molecular weight excluding hydrogens is 342 g/mol. The smallest absolute Gasteiger partial charge is 0.286 e. The van der Waals surface area contributed by atoms with E-state index in [0.717, 1.165) is 19.5 Å². The van der Waals surface area contributed by atoms with Crippen LogP contribution in [0.15, 0.2) is 53.1 Å². The van der Waals surface area contributed by atoms with Crippen LogP contribution in [0.5, 0.6) is 0 Å². The molecule has 146 valence electrons. The zero-order valence-electron chi connectivity index (χ0n) is 16.1. The van der Waals surface area contributed by atoms with Crippen molar-refractivity contribution in [3.05, 3.63) is 60.1 Å². The van der Waals surface area contributed by atoms with Gasteiger partial charge in [0, 0.05) is 25.6 Å². The van der Waals surface area contributed by atoms with E-state index in [4.69, 9.17) is 4.42 Å². The van der Waals surface area contributed by atoms with Gasteiger partial charge in [-0.05, 0) is 37.2 Å². The fourth-order valence-corrected chi connectivity index (χ4v) is 3.06. The number of nitrogens with zero attached hydrogens (tertiary/aromatic N) is 1. The van der Waals surface area contributed by atoms with Gasteiger partial charge < -0.3 is 15.1 Å². The highest BCUT2D eigenvalue weighted by Gasteiger charge is 2.17. The Morgan fingerprint density at radius 1 is 1.04 bits per heavy atom. The lowest BCUT2D eigenvalue weighted by Crippen LogP contribution is -2.45. The van der Waals surface area contributed by atoms with Gasteiger partial charge in [-0.3, -0.25) is 14.5 Å². The minimum absolute atomic E-state index is 0.0695. The Morgan fingerprint density at radius 3 is 2.41 bits per heavy atom. The maximum atomic E-state index is 12.2. The van der Waals surface area contributed by atoms with Gasteiger partial charge in [0.15, 0.2) is 5.76 Å². The van der Waals surface area contributed by atoms with Gasteiger partial charge in [0.1, 0.15) is 0 Å². The minimum Gasteiger partial charge on any atom is -0.459 e. The Morgan fingerprint density at radius 2 is 1.78 bits per heavy atom. The topological polar surface area (TPSA) is 74.6 Å². The predicted molar refractivity (Wildman–Crippen MR) is 106 cm³/mol. The second-order valence-corrected chi connectivity index (χ2v) is 6.35. The van der Waals surface area contributed by atoms with Crippen molar-refractivity contribution >= 4 is 11.8 Å². The summed E-state index contributed by atoms with van der Waals surface area (Å²) in [5.41, 5.74) is 1.26. The van der Waals surface area contributed by atoms with Crippen LogP contribution in [0.25, 0.3) is 0 Å². The third kappa shape index (κ3) is 6.90. The van der Waals surface area contributed by atoms with Crippen molar-refractivity contribution in [2.75, 3.05) is 26.2 Å². The molecule has 1 atom stereocenters. The third-order valence-electron chi connectivity index (χ3n) is 4.56. The van der Waals surface area contributed by atoms with Crippen LogP contribution in [0.2, 0.25) is 0 Å². The Kier molecular flexibility index (Phi) is 8.58. The van der Waals surface area contributed by atoms with Gasteiger partial charge in [0.2, 0.25) is 5.91 Å². The first-order valence-corrected chi connectivity index (χ1v) is 9.50. The monoisotopic (exact) mass is 371 g/mol. The lowest BCUT2D eigenvalue weighted by molar-refractivity contribution is -0.121. The molecular formula is C21H29N3O3. The molecule has 1 heterocycles. The number of hydrogen-bond donors (Lipinski definition) is 2. The molecule has 1 aromatic heterocycles. The van der Waals surface area contributed by atoms with Crippen LogP contribution in [0.1, 0.15) is 36.4 Å². The van der Waals surface area contributed by atoms with Crippen LogP contribution in [0, 0.1) is 0 Å². The molecule has 0 bridgehead atoms. The molecule has 6 nitrogen and oxygen atoms in total. The van der Waals surface area contributed by atoms with Crippen molar-refractivity contribution in [1.82, 2.24) is 15.5 Å². The lowest BCUT2D eigenvalue weighted by Gasteiger charge is -2.30. The summed E-state index contributed by atoms with van der Waals surface area (Å²) >= 11 is 0. The molecule has 0 aliphatic heterocycles. The first-order chi connectivity index (χ1) is 13.1. The average molecular weight is 371 g/mol. The van der Waals surface area contributed by atoms with Crippen molar-refractivity contribution in [3.8, 4) is 0 Å². The highest BCUT2D eigenvalue weighted by atomic mass is 16.3. The Labute approximate surface area is 160 Å². The quantitative estimate of drug-likeness (QED) is 0.636. The van der Waals surface area contributed by atoms with Crippen LogP contribution >= 0.6 is 0 Å². The molecule has 2 aromatic rings. The van der Waals surface area contributed by atoms with Gasteiger partial charge in [-0.1, -0.05) is 44.2 Å². The summed E-state index contributed by atoms with van der Waals surface area (Å²) in [4.78, 5) is 26.3. The minimum atomic E-state index is -0.308. The molecule has 0 radical (unpaired) electrons. The lowest BCUT2D eigenvalue weighted by atomic mass is 10.0. The highest BCUT2D eigenvalue weighted by molar-refractivity contribution is 5.91. The first-order valence-electron chi connectivity index (χ1n) is 9.50. The van der Waals surface area contributed by atoms with E-state index in [9.17, 15) is 9.59 Å². The normalized spacial score (nSPS) is 12.0. The fraction of sp³-hybridized carbons (Fsp3) is 0.429. The summed E-state index contributed by atoms with van der Waals surface area (Å²) in [6, 6.07) is 13.8. The molecule has 2 amide bonds. The Hall–Kier alpha value is -2.60. The standard InChI is InChI=1S/C21H29N3O3/c1-3-24(4-2)18(15-17-9-6-5-7-10-17)16-23-20(25)12-13-22-21(26)19-11-8-14-27-19/h5-11,14,18H,3-4,12-13,15-16H2,1-2H3,(H,22,26)(H,23,25)/t18-/m0/s1. The van der Waals surface area contributed by atoms with E-state index in [1.165, 1.54) is 11.8 Å². The van der Waals surface area contributed by atoms with E-state index < -0.39 is 0 Å². The fourth-order valence-electron chi connectivity index (χ4n) is 3.06. The van der Waals surface area contributed by atoms with Gasteiger partial charge >= 0.3 is 0 Å². The van der Waals surface area contributed by atoms with Gasteiger partial charge in [0.05, 0.1) is 6.26 Å². The van der Waals surface area contributed by atoms with Crippen molar-refractivity contribution in [1.29, 1.82) is 0 Å². The molecule has 2 rings (SSSR count). The van der Waals surface area contributed by atoms with Crippen LogP contribution in [0.3, 0.4) is 0 Å². The summed E-state index contributed by atoms with van der Waals surface area (Å²) in [7, 11) is 0. The van der Waals surface area contributed by atoms with Crippen LogP contribution in [0.4, 0.5) is 0 Å². The number of benzene rings is 1. The zero-order valence-corrected chi connectivity index (χ0v) is 16.1. The van der Waals surface area contributed by atoms with Gasteiger partial charge in [-0.25, -0.2) is 0 Å². The maximum absolute atomic E-state index is 12.2. The van der Waals surface area contributed by atoms with Gasteiger partial charge in [0.25, 0.3) is 5.91 Å². The molecule has 0 aliphatic carbocycles. The second-order valence-electron chi connectivity index (χ2n) is 6.35. The molecule has 0 fully saturated rings. The SMILES string of the molecule is CCN(CC)[C@H](CNC(=O)CCNC(=O)c1ccco1)Cc1ccccc1. The summed E-state index contributed by atoms with van der Waals surface area (Å²) in [6.07, 6.45) is 2.57. The van der Waals surface area contributed by atoms with Crippen molar-refractivity contribution < 1.29 is 14.0 Å². The van der Waals surface area contributed by atoms with E-state index in [0.29, 0.717) is 6.54 Å². The molecule has 0 spiro atoms. The largest absolute Gasteiger partial charge is 0.459 e. The van der Waals surface area contributed by atoms with E-state index in [1.54, 1.807) is 12.1 Å². The molecule has 6 heteroatoms. The number of hydrogen-bond acceptors (Lipinski definition) is 4. The summed E-state index contributed by atoms with van der Waals surface area (Å²) < 4.78 is 5.02. The van der Waals surface area contributed by atoms with E-state index >= 15 is 0 Å². The Bertz CT molecular complexity index is 682. The molecule has 0 saturated carbocycles. The van der Waals surface area contributed by atoms with Crippen molar-refractivity contribution in [2.45, 2.75) is 32.7 Å². The molecule has 0 unspecified atom stereocenters. The first kappa shape index (κ1) is 20.7. The van der Waals surface area contributed by atoms with E-state index in [-0.39, 0.29) is 36.6 Å².